The lowest BCUT2D eigenvalue weighted by Crippen LogP contribution is -2.31. The van der Waals surface area contributed by atoms with E-state index in [-0.39, 0.29) is 22.8 Å². The molecule has 25 heavy (non-hydrogen) atoms. The van der Waals surface area contributed by atoms with Gasteiger partial charge in [0.25, 0.3) is 0 Å². The summed E-state index contributed by atoms with van der Waals surface area (Å²) in [5, 5.41) is 19.2. The van der Waals surface area contributed by atoms with E-state index in [0.717, 1.165) is 29.9 Å². The Hall–Kier alpha value is -1.05. The fraction of sp³-hybridized carbons (Fsp3) is 0.778. The van der Waals surface area contributed by atoms with Gasteiger partial charge < -0.3 is 24.5 Å². The van der Waals surface area contributed by atoms with Crippen LogP contribution in [0.15, 0.2) is 12.1 Å². The second kappa shape index (κ2) is 10.2. The number of hydrogen-bond acceptors (Lipinski definition) is 6. The standard InChI is InChI=1S/C18H33NO5S/c1-17(2,14-24-19-15(20)6-7-16(19)21)8-11-23-18(3,4)9-10-22-12-13-25-5/h6-7,20-21H,8-14H2,1-5H3. The lowest BCUT2D eigenvalue weighted by molar-refractivity contribution is -0.0571. The van der Waals surface area contributed by atoms with Gasteiger partial charge >= 0.3 is 0 Å². The Morgan fingerprint density at radius 2 is 1.64 bits per heavy atom. The predicted molar refractivity (Wildman–Crippen MR) is 101 cm³/mol. The van der Waals surface area contributed by atoms with Crippen LogP contribution >= 0.6 is 11.8 Å². The number of aromatic hydroxyl groups is 2. The summed E-state index contributed by atoms with van der Waals surface area (Å²) in [7, 11) is 0. The second-order valence-corrected chi connectivity index (χ2v) is 8.48. The summed E-state index contributed by atoms with van der Waals surface area (Å²) in [5.74, 6) is 0.779. The van der Waals surface area contributed by atoms with E-state index < -0.39 is 0 Å². The molecule has 0 aliphatic heterocycles. The zero-order valence-electron chi connectivity index (χ0n) is 16.1. The lowest BCUT2D eigenvalue weighted by Gasteiger charge is -2.29. The van der Waals surface area contributed by atoms with Gasteiger partial charge in [-0.05, 0) is 32.9 Å². The number of rotatable bonds is 13. The second-order valence-electron chi connectivity index (χ2n) is 7.50. The van der Waals surface area contributed by atoms with Crippen LogP contribution in [0, 0.1) is 5.41 Å². The third-order valence-corrected chi connectivity index (χ3v) is 4.51. The molecule has 1 rings (SSSR count). The minimum Gasteiger partial charge on any atom is -0.492 e. The minimum atomic E-state index is -0.229. The molecule has 146 valence electrons. The van der Waals surface area contributed by atoms with Crippen LogP contribution in [0.25, 0.3) is 0 Å². The van der Waals surface area contributed by atoms with E-state index >= 15 is 0 Å². The summed E-state index contributed by atoms with van der Waals surface area (Å²) in [6.45, 7) is 10.7. The summed E-state index contributed by atoms with van der Waals surface area (Å²) in [5.41, 5.74) is -0.388. The maximum atomic E-state index is 9.59. The fourth-order valence-electron chi connectivity index (χ4n) is 2.08. The third kappa shape index (κ3) is 8.74. The first-order valence-electron chi connectivity index (χ1n) is 8.60. The van der Waals surface area contributed by atoms with Crippen molar-refractivity contribution in [3.8, 4) is 11.8 Å². The highest BCUT2D eigenvalue weighted by atomic mass is 32.2. The maximum Gasteiger partial charge on any atom is 0.229 e. The van der Waals surface area contributed by atoms with E-state index in [1.807, 2.05) is 0 Å². The molecule has 0 unspecified atom stereocenters. The topological polar surface area (TPSA) is 73.1 Å². The molecule has 0 amide bonds. The van der Waals surface area contributed by atoms with Gasteiger partial charge in [-0.2, -0.15) is 11.8 Å². The SMILES string of the molecule is CSCCOCCC(C)(C)OCCC(C)(C)COn1c(O)ccc1O. The zero-order valence-corrected chi connectivity index (χ0v) is 16.9. The minimum absolute atomic E-state index is 0.118. The molecule has 1 heterocycles. The smallest absolute Gasteiger partial charge is 0.229 e. The molecule has 0 bridgehead atoms. The predicted octanol–water partition coefficient (Wildman–Crippen LogP) is 3.31. The molecule has 0 saturated carbocycles. The summed E-state index contributed by atoms with van der Waals surface area (Å²) in [4.78, 5) is 5.50. The first-order chi connectivity index (χ1) is 11.7. The van der Waals surface area contributed by atoms with Gasteiger partial charge in [0.1, 0.15) is 6.61 Å². The molecular weight excluding hydrogens is 342 g/mol. The van der Waals surface area contributed by atoms with Crippen molar-refractivity contribution in [2.75, 3.05) is 38.4 Å². The molecule has 0 aliphatic rings. The molecule has 0 fully saturated rings. The van der Waals surface area contributed by atoms with Gasteiger partial charge in [-0.25, -0.2) is 0 Å². The lowest BCUT2D eigenvalue weighted by atomic mass is 9.91. The van der Waals surface area contributed by atoms with E-state index in [0.29, 0.717) is 19.8 Å². The highest BCUT2D eigenvalue weighted by Crippen LogP contribution is 2.25. The van der Waals surface area contributed by atoms with Crippen LogP contribution in [0.5, 0.6) is 11.8 Å². The van der Waals surface area contributed by atoms with E-state index in [4.69, 9.17) is 14.3 Å². The Morgan fingerprint density at radius 1 is 1.00 bits per heavy atom. The van der Waals surface area contributed by atoms with E-state index in [1.54, 1.807) is 11.8 Å². The van der Waals surface area contributed by atoms with Gasteiger partial charge in [0.15, 0.2) is 0 Å². The number of hydrogen-bond donors (Lipinski definition) is 2. The summed E-state index contributed by atoms with van der Waals surface area (Å²) >= 11 is 1.78. The average Bonchev–Trinajstić information content (AvgIpc) is 2.83. The number of nitrogens with zero attached hydrogens (tertiary/aromatic N) is 1. The third-order valence-electron chi connectivity index (χ3n) is 3.93. The van der Waals surface area contributed by atoms with Gasteiger partial charge in [0.05, 0.1) is 12.2 Å². The molecule has 0 aromatic carbocycles. The molecule has 0 radical (unpaired) electrons. The molecule has 0 aliphatic carbocycles. The van der Waals surface area contributed by atoms with Crippen molar-refractivity contribution < 1.29 is 24.5 Å². The quantitative estimate of drug-likeness (QED) is 0.515. The molecule has 1 aromatic heterocycles. The van der Waals surface area contributed by atoms with Crippen LogP contribution in [-0.4, -0.2) is 59.0 Å². The zero-order chi connectivity index (χ0) is 18.9. The summed E-state index contributed by atoms with van der Waals surface area (Å²) in [6.07, 6.45) is 3.72. The van der Waals surface area contributed by atoms with Gasteiger partial charge in [-0.15, -0.1) is 4.73 Å². The maximum absolute atomic E-state index is 9.59. The largest absolute Gasteiger partial charge is 0.492 e. The van der Waals surface area contributed by atoms with Crippen molar-refractivity contribution in [3.63, 3.8) is 0 Å². The average molecular weight is 376 g/mol. The molecule has 0 spiro atoms. The number of thioether (sulfide) groups is 1. The molecule has 0 saturated heterocycles. The molecular formula is C18H33NO5S. The van der Waals surface area contributed by atoms with Crippen LogP contribution in [0.4, 0.5) is 0 Å². The van der Waals surface area contributed by atoms with Crippen LogP contribution < -0.4 is 4.84 Å². The van der Waals surface area contributed by atoms with E-state index in [1.165, 1.54) is 12.1 Å². The highest BCUT2D eigenvalue weighted by Gasteiger charge is 2.24. The first-order valence-corrected chi connectivity index (χ1v) is 10.00. The van der Waals surface area contributed by atoms with Crippen molar-refractivity contribution in [2.45, 2.75) is 46.1 Å². The molecule has 7 heteroatoms. The highest BCUT2D eigenvalue weighted by molar-refractivity contribution is 7.98. The summed E-state index contributed by atoms with van der Waals surface area (Å²) < 4.78 is 12.6. The van der Waals surface area contributed by atoms with Crippen LogP contribution in [0.2, 0.25) is 0 Å². The Bertz CT molecular complexity index is 482. The van der Waals surface area contributed by atoms with Crippen LogP contribution in [-0.2, 0) is 9.47 Å². The Balaban J connectivity index is 2.28. The van der Waals surface area contributed by atoms with Crippen LogP contribution in [0.3, 0.4) is 0 Å². The molecule has 0 atom stereocenters. The Kier molecular flexibility index (Phi) is 8.96. The van der Waals surface area contributed by atoms with Gasteiger partial charge in [0, 0.05) is 36.5 Å². The van der Waals surface area contributed by atoms with Crippen molar-refractivity contribution in [1.29, 1.82) is 0 Å². The van der Waals surface area contributed by atoms with Crippen molar-refractivity contribution in [1.82, 2.24) is 4.73 Å². The summed E-state index contributed by atoms with van der Waals surface area (Å²) in [6, 6.07) is 2.77. The molecule has 1 aromatic rings. The number of aromatic nitrogens is 1. The van der Waals surface area contributed by atoms with Gasteiger partial charge in [-0.3, -0.25) is 0 Å². The van der Waals surface area contributed by atoms with E-state index in [9.17, 15) is 10.2 Å². The van der Waals surface area contributed by atoms with E-state index in [2.05, 4.69) is 34.0 Å². The number of ether oxygens (including phenoxy) is 2. The Labute approximate surface area is 155 Å². The fourth-order valence-corrected chi connectivity index (χ4v) is 2.37. The molecule has 2 N–H and O–H groups in total. The first kappa shape index (κ1) is 22.0. The van der Waals surface area contributed by atoms with Crippen LogP contribution in [0.1, 0.15) is 40.5 Å². The van der Waals surface area contributed by atoms with Crippen molar-refractivity contribution >= 4 is 11.8 Å². The van der Waals surface area contributed by atoms with Gasteiger partial charge in [-0.1, -0.05) is 13.8 Å². The van der Waals surface area contributed by atoms with Crippen molar-refractivity contribution in [3.05, 3.63) is 12.1 Å². The normalized spacial score (nSPS) is 12.5. The van der Waals surface area contributed by atoms with Gasteiger partial charge in [0.2, 0.25) is 11.8 Å². The Morgan fingerprint density at radius 3 is 2.24 bits per heavy atom. The molecule has 6 nitrogen and oxygen atoms in total. The van der Waals surface area contributed by atoms with Crippen molar-refractivity contribution in [2.24, 2.45) is 5.41 Å². The monoisotopic (exact) mass is 375 g/mol.